The molecule has 0 heterocycles. The average Bonchev–Trinajstić information content (AvgIpc) is 2.36. The summed E-state index contributed by atoms with van der Waals surface area (Å²) in [7, 11) is 0. The van der Waals surface area contributed by atoms with Gasteiger partial charge < -0.3 is 10.5 Å². The molecule has 2 nitrogen and oxygen atoms in total. The summed E-state index contributed by atoms with van der Waals surface area (Å²) in [6.07, 6.45) is 0. The second-order valence-electron chi connectivity index (χ2n) is 3.61. The standard InChI is InChI=1S/C13H10Cl2FNO/c14-10-3-1-2-8(7-17)13(10)18-9-4-5-12(16)11(15)6-9/h1-6H,7,17H2. The third-order valence-corrected chi connectivity index (χ3v) is 2.97. The van der Waals surface area contributed by atoms with Crippen molar-refractivity contribution >= 4 is 23.2 Å². The summed E-state index contributed by atoms with van der Waals surface area (Å²) < 4.78 is 18.6. The van der Waals surface area contributed by atoms with Crippen LogP contribution in [-0.2, 0) is 6.54 Å². The van der Waals surface area contributed by atoms with Crippen molar-refractivity contribution in [2.45, 2.75) is 6.54 Å². The van der Waals surface area contributed by atoms with Crippen LogP contribution in [-0.4, -0.2) is 0 Å². The quantitative estimate of drug-likeness (QED) is 0.908. The molecule has 0 radical (unpaired) electrons. The van der Waals surface area contributed by atoms with Crippen LogP contribution in [0.3, 0.4) is 0 Å². The van der Waals surface area contributed by atoms with E-state index >= 15 is 0 Å². The predicted octanol–water partition coefficient (Wildman–Crippen LogP) is 4.38. The number of hydrogen-bond donors (Lipinski definition) is 1. The van der Waals surface area contributed by atoms with Crippen molar-refractivity contribution in [3.8, 4) is 11.5 Å². The third kappa shape index (κ3) is 2.75. The fraction of sp³-hybridized carbons (Fsp3) is 0.0769. The Morgan fingerprint density at radius 1 is 1.11 bits per heavy atom. The lowest BCUT2D eigenvalue weighted by Crippen LogP contribution is -1.99. The second-order valence-corrected chi connectivity index (χ2v) is 4.42. The summed E-state index contributed by atoms with van der Waals surface area (Å²) in [5, 5.41) is 0.437. The topological polar surface area (TPSA) is 35.2 Å². The molecule has 2 N–H and O–H groups in total. The molecule has 2 aromatic rings. The normalized spacial score (nSPS) is 10.4. The molecule has 0 aliphatic carbocycles. The molecule has 0 atom stereocenters. The molecule has 94 valence electrons. The average molecular weight is 286 g/mol. The van der Waals surface area contributed by atoms with E-state index in [4.69, 9.17) is 33.7 Å². The smallest absolute Gasteiger partial charge is 0.150 e. The number of hydrogen-bond acceptors (Lipinski definition) is 2. The van der Waals surface area contributed by atoms with Crippen LogP contribution < -0.4 is 10.5 Å². The first-order valence-electron chi connectivity index (χ1n) is 5.22. The molecule has 0 amide bonds. The van der Waals surface area contributed by atoms with Gasteiger partial charge in [-0.25, -0.2) is 4.39 Å². The summed E-state index contributed by atoms with van der Waals surface area (Å²) in [4.78, 5) is 0. The van der Waals surface area contributed by atoms with Crippen LogP contribution in [0.25, 0.3) is 0 Å². The molecular formula is C13H10Cl2FNO. The first-order chi connectivity index (χ1) is 8.61. The maximum atomic E-state index is 13.0. The molecule has 0 spiro atoms. The molecule has 0 bridgehead atoms. The van der Waals surface area contributed by atoms with Gasteiger partial charge in [-0.05, 0) is 18.2 Å². The lowest BCUT2D eigenvalue weighted by Gasteiger charge is -2.12. The third-order valence-electron chi connectivity index (χ3n) is 2.38. The Bertz CT molecular complexity index is 575. The fourth-order valence-corrected chi connectivity index (χ4v) is 1.89. The summed E-state index contributed by atoms with van der Waals surface area (Å²) >= 11 is 11.7. The highest BCUT2D eigenvalue weighted by Gasteiger charge is 2.09. The van der Waals surface area contributed by atoms with Gasteiger partial charge in [-0.2, -0.15) is 0 Å². The minimum atomic E-state index is -0.498. The number of rotatable bonds is 3. The van der Waals surface area contributed by atoms with Crippen molar-refractivity contribution in [2.75, 3.05) is 0 Å². The number of benzene rings is 2. The van der Waals surface area contributed by atoms with E-state index in [1.807, 2.05) is 6.07 Å². The highest BCUT2D eigenvalue weighted by atomic mass is 35.5. The van der Waals surface area contributed by atoms with Gasteiger partial charge in [0.1, 0.15) is 17.3 Å². The van der Waals surface area contributed by atoms with Gasteiger partial charge in [0.15, 0.2) is 0 Å². The molecule has 0 aliphatic rings. The Morgan fingerprint density at radius 2 is 1.89 bits per heavy atom. The Morgan fingerprint density at radius 3 is 2.56 bits per heavy atom. The molecule has 0 aliphatic heterocycles. The summed E-state index contributed by atoms with van der Waals surface area (Å²) in [6.45, 7) is 0.296. The molecule has 18 heavy (non-hydrogen) atoms. The predicted molar refractivity (Wildman–Crippen MR) is 70.8 cm³/mol. The summed E-state index contributed by atoms with van der Waals surface area (Å²) in [6, 6.07) is 9.39. The number of nitrogens with two attached hydrogens (primary N) is 1. The van der Waals surface area contributed by atoms with Crippen LogP contribution in [0.4, 0.5) is 4.39 Å². The Balaban J connectivity index is 2.36. The SMILES string of the molecule is NCc1cccc(Cl)c1Oc1ccc(F)c(Cl)c1. The van der Waals surface area contributed by atoms with Gasteiger partial charge in [0.2, 0.25) is 0 Å². The highest BCUT2D eigenvalue weighted by Crippen LogP contribution is 2.34. The molecular weight excluding hydrogens is 276 g/mol. The molecule has 0 saturated carbocycles. The Kier molecular flexibility index (Phi) is 4.07. The minimum absolute atomic E-state index is 0.00569. The Hall–Kier alpha value is -1.29. The monoisotopic (exact) mass is 285 g/mol. The minimum Gasteiger partial charge on any atom is -0.455 e. The van der Waals surface area contributed by atoms with Gasteiger partial charge in [-0.3, -0.25) is 0 Å². The maximum absolute atomic E-state index is 13.0. The highest BCUT2D eigenvalue weighted by molar-refractivity contribution is 6.32. The first kappa shape index (κ1) is 13.1. The lowest BCUT2D eigenvalue weighted by molar-refractivity contribution is 0.475. The second kappa shape index (κ2) is 5.57. The van der Waals surface area contributed by atoms with Crippen LogP contribution in [0.1, 0.15) is 5.56 Å². The lowest BCUT2D eigenvalue weighted by atomic mass is 10.2. The molecule has 0 fully saturated rings. The zero-order valence-electron chi connectivity index (χ0n) is 9.29. The zero-order chi connectivity index (χ0) is 13.1. The summed E-state index contributed by atoms with van der Waals surface area (Å²) in [5.74, 6) is 0.371. The van der Waals surface area contributed by atoms with E-state index < -0.39 is 5.82 Å². The van der Waals surface area contributed by atoms with Crippen molar-refractivity contribution in [1.82, 2.24) is 0 Å². The van der Waals surface area contributed by atoms with Crippen molar-refractivity contribution in [1.29, 1.82) is 0 Å². The van der Waals surface area contributed by atoms with E-state index in [0.29, 0.717) is 23.1 Å². The van der Waals surface area contributed by atoms with Gasteiger partial charge in [-0.1, -0.05) is 35.3 Å². The van der Waals surface area contributed by atoms with Crippen LogP contribution in [0.15, 0.2) is 36.4 Å². The van der Waals surface area contributed by atoms with Crippen LogP contribution >= 0.6 is 23.2 Å². The van der Waals surface area contributed by atoms with E-state index in [0.717, 1.165) is 5.56 Å². The van der Waals surface area contributed by atoms with E-state index in [1.54, 1.807) is 12.1 Å². The first-order valence-corrected chi connectivity index (χ1v) is 5.97. The van der Waals surface area contributed by atoms with Crippen LogP contribution in [0, 0.1) is 5.82 Å². The molecule has 0 aromatic heterocycles. The molecule has 0 unspecified atom stereocenters. The molecule has 0 saturated heterocycles. The zero-order valence-corrected chi connectivity index (χ0v) is 10.8. The van der Waals surface area contributed by atoms with Gasteiger partial charge >= 0.3 is 0 Å². The van der Waals surface area contributed by atoms with Gasteiger partial charge in [0.05, 0.1) is 10.0 Å². The summed E-state index contributed by atoms with van der Waals surface area (Å²) in [5.41, 5.74) is 6.37. The number of para-hydroxylation sites is 1. The van der Waals surface area contributed by atoms with E-state index in [-0.39, 0.29) is 5.02 Å². The van der Waals surface area contributed by atoms with Gasteiger partial charge in [0.25, 0.3) is 0 Å². The molecule has 5 heteroatoms. The van der Waals surface area contributed by atoms with E-state index in [1.165, 1.54) is 18.2 Å². The Labute approximate surface area is 114 Å². The fourth-order valence-electron chi connectivity index (χ4n) is 1.49. The van der Waals surface area contributed by atoms with Crippen molar-refractivity contribution in [3.63, 3.8) is 0 Å². The maximum Gasteiger partial charge on any atom is 0.150 e. The largest absolute Gasteiger partial charge is 0.455 e. The van der Waals surface area contributed by atoms with E-state index in [9.17, 15) is 4.39 Å². The molecule has 2 rings (SSSR count). The molecule has 2 aromatic carbocycles. The van der Waals surface area contributed by atoms with Gasteiger partial charge in [0, 0.05) is 18.2 Å². The van der Waals surface area contributed by atoms with Crippen LogP contribution in [0.2, 0.25) is 10.0 Å². The van der Waals surface area contributed by atoms with Crippen molar-refractivity contribution in [2.24, 2.45) is 5.73 Å². The van der Waals surface area contributed by atoms with Crippen LogP contribution in [0.5, 0.6) is 11.5 Å². The van der Waals surface area contributed by atoms with Gasteiger partial charge in [-0.15, -0.1) is 0 Å². The van der Waals surface area contributed by atoms with E-state index in [2.05, 4.69) is 0 Å². The number of halogens is 3. The van der Waals surface area contributed by atoms with Crippen molar-refractivity contribution in [3.05, 3.63) is 57.8 Å². The number of ether oxygens (including phenoxy) is 1. The van der Waals surface area contributed by atoms with Crippen molar-refractivity contribution < 1.29 is 9.13 Å².